The van der Waals surface area contributed by atoms with Crippen molar-refractivity contribution in [1.29, 1.82) is 0 Å². The molecule has 2 N–H and O–H groups in total. The first kappa shape index (κ1) is 15.0. The fraction of sp³-hybridized carbons (Fsp3) is 0.588. The summed E-state index contributed by atoms with van der Waals surface area (Å²) in [7, 11) is 0. The number of rotatable bonds is 5. The Balaban J connectivity index is 1.97. The molecule has 0 spiro atoms. The van der Waals surface area contributed by atoms with Crippen LogP contribution in [0, 0.1) is 5.92 Å². The van der Waals surface area contributed by atoms with Crippen LogP contribution in [0.15, 0.2) is 18.2 Å². The Labute approximate surface area is 121 Å². The largest absolute Gasteiger partial charge is 0.394 e. The van der Waals surface area contributed by atoms with Gasteiger partial charge >= 0.3 is 0 Å². The van der Waals surface area contributed by atoms with Gasteiger partial charge in [-0.3, -0.25) is 4.79 Å². The first-order valence-corrected chi connectivity index (χ1v) is 7.61. The average molecular weight is 275 g/mol. The van der Waals surface area contributed by atoms with Crippen LogP contribution in [0.25, 0.3) is 0 Å². The summed E-state index contributed by atoms with van der Waals surface area (Å²) in [5.74, 6) is 0.237. The molecule has 0 fully saturated rings. The van der Waals surface area contributed by atoms with Gasteiger partial charge < -0.3 is 10.4 Å². The molecule has 0 bridgehead atoms. The number of amides is 1. The lowest BCUT2D eigenvalue weighted by Crippen LogP contribution is -2.41. The van der Waals surface area contributed by atoms with E-state index < -0.39 is 0 Å². The third kappa shape index (κ3) is 3.83. The molecule has 1 atom stereocenters. The first-order valence-electron chi connectivity index (χ1n) is 7.61. The molecule has 0 radical (unpaired) electrons. The molecule has 2 rings (SSSR count). The van der Waals surface area contributed by atoms with Gasteiger partial charge in [-0.1, -0.05) is 32.0 Å². The molecule has 20 heavy (non-hydrogen) atoms. The molecule has 1 aromatic rings. The van der Waals surface area contributed by atoms with Crippen LogP contribution in [0.3, 0.4) is 0 Å². The maximum atomic E-state index is 12.0. The number of aryl methyl sites for hydroxylation is 2. The zero-order valence-electron chi connectivity index (χ0n) is 12.5. The number of hydrogen-bond donors (Lipinski definition) is 2. The highest BCUT2D eigenvalue weighted by molar-refractivity contribution is 5.79. The van der Waals surface area contributed by atoms with Crippen LogP contribution < -0.4 is 5.32 Å². The maximum absolute atomic E-state index is 12.0. The number of nitrogens with one attached hydrogen (secondary N) is 1. The monoisotopic (exact) mass is 275 g/mol. The van der Waals surface area contributed by atoms with Gasteiger partial charge in [0.25, 0.3) is 0 Å². The van der Waals surface area contributed by atoms with Crippen molar-refractivity contribution in [2.45, 2.75) is 52.0 Å². The van der Waals surface area contributed by atoms with Crippen molar-refractivity contribution in [2.75, 3.05) is 6.61 Å². The second-order valence-corrected chi connectivity index (χ2v) is 6.09. The number of hydrogen-bond acceptors (Lipinski definition) is 2. The van der Waals surface area contributed by atoms with Crippen molar-refractivity contribution < 1.29 is 9.90 Å². The van der Waals surface area contributed by atoms with E-state index in [1.807, 2.05) is 13.8 Å². The molecule has 3 nitrogen and oxygen atoms in total. The van der Waals surface area contributed by atoms with E-state index in [-0.39, 0.29) is 24.5 Å². The van der Waals surface area contributed by atoms with E-state index in [4.69, 9.17) is 0 Å². The Hall–Kier alpha value is -1.35. The molecule has 0 saturated heterocycles. The van der Waals surface area contributed by atoms with Gasteiger partial charge in [0.05, 0.1) is 19.1 Å². The quantitative estimate of drug-likeness (QED) is 0.866. The smallest absolute Gasteiger partial charge is 0.224 e. The van der Waals surface area contributed by atoms with Gasteiger partial charge in [0.15, 0.2) is 0 Å². The van der Waals surface area contributed by atoms with Crippen LogP contribution in [-0.2, 0) is 24.1 Å². The zero-order chi connectivity index (χ0) is 14.5. The summed E-state index contributed by atoms with van der Waals surface area (Å²) < 4.78 is 0. The summed E-state index contributed by atoms with van der Waals surface area (Å²) in [6, 6.07) is 6.26. The Bertz CT molecular complexity index is 468. The minimum atomic E-state index is -0.153. The van der Waals surface area contributed by atoms with Crippen molar-refractivity contribution in [1.82, 2.24) is 5.32 Å². The Morgan fingerprint density at radius 1 is 1.25 bits per heavy atom. The summed E-state index contributed by atoms with van der Waals surface area (Å²) in [4.78, 5) is 12.0. The third-order valence-electron chi connectivity index (χ3n) is 4.13. The van der Waals surface area contributed by atoms with E-state index in [0.717, 1.165) is 12.0 Å². The summed E-state index contributed by atoms with van der Waals surface area (Å²) in [6.07, 6.45) is 5.23. The maximum Gasteiger partial charge on any atom is 0.224 e. The van der Waals surface area contributed by atoms with Crippen molar-refractivity contribution in [3.63, 3.8) is 0 Å². The Morgan fingerprint density at radius 3 is 2.60 bits per heavy atom. The first-order chi connectivity index (χ1) is 9.60. The van der Waals surface area contributed by atoms with E-state index in [1.165, 1.54) is 30.4 Å². The van der Waals surface area contributed by atoms with Gasteiger partial charge in [-0.05, 0) is 48.3 Å². The second kappa shape index (κ2) is 6.89. The fourth-order valence-electron chi connectivity index (χ4n) is 2.76. The molecule has 1 aromatic carbocycles. The molecule has 1 aliphatic carbocycles. The number of aliphatic hydroxyl groups excluding tert-OH is 1. The molecule has 3 heteroatoms. The topological polar surface area (TPSA) is 49.3 Å². The predicted octanol–water partition coefficient (Wildman–Crippen LogP) is 2.24. The van der Waals surface area contributed by atoms with Gasteiger partial charge in [-0.15, -0.1) is 0 Å². The molecule has 1 aliphatic rings. The Kier molecular flexibility index (Phi) is 5.18. The van der Waals surface area contributed by atoms with E-state index in [1.54, 1.807) is 0 Å². The lowest BCUT2D eigenvalue weighted by Gasteiger charge is -2.20. The molecular formula is C17H25NO2. The zero-order valence-corrected chi connectivity index (χ0v) is 12.5. The Morgan fingerprint density at radius 2 is 1.95 bits per heavy atom. The van der Waals surface area contributed by atoms with Crippen LogP contribution in [0.2, 0.25) is 0 Å². The van der Waals surface area contributed by atoms with Crippen molar-refractivity contribution >= 4 is 5.91 Å². The van der Waals surface area contributed by atoms with Gasteiger partial charge in [0.1, 0.15) is 0 Å². The number of benzene rings is 1. The van der Waals surface area contributed by atoms with Crippen LogP contribution in [-0.4, -0.2) is 23.7 Å². The standard InChI is InChI=1S/C17H25NO2/c1-12(2)16(11-19)18-17(20)10-13-7-8-14-5-3-4-6-15(14)9-13/h7-9,12,16,19H,3-6,10-11H2,1-2H3,(H,18,20). The highest BCUT2D eigenvalue weighted by atomic mass is 16.3. The highest BCUT2D eigenvalue weighted by Gasteiger charge is 2.16. The van der Waals surface area contributed by atoms with Crippen LogP contribution in [0.4, 0.5) is 0 Å². The lowest BCUT2D eigenvalue weighted by atomic mass is 9.90. The van der Waals surface area contributed by atoms with E-state index in [9.17, 15) is 9.90 Å². The van der Waals surface area contributed by atoms with Crippen LogP contribution in [0.5, 0.6) is 0 Å². The predicted molar refractivity (Wildman–Crippen MR) is 80.6 cm³/mol. The summed E-state index contributed by atoms with van der Waals surface area (Å²) >= 11 is 0. The van der Waals surface area contributed by atoms with Crippen LogP contribution >= 0.6 is 0 Å². The van der Waals surface area contributed by atoms with E-state index in [0.29, 0.717) is 6.42 Å². The average Bonchev–Trinajstić information content (AvgIpc) is 2.44. The summed E-state index contributed by atoms with van der Waals surface area (Å²) in [6.45, 7) is 3.99. The van der Waals surface area contributed by atoms with E-state index >= 15 is 0 Å². The van der Waals surface area contributed by atoms with Gasteiger partial charge in [0.2, 0.25) is 5.91 Å². The van der Waals surface area contributed by atoms with Gasteiger partial charge in [0, 0.05) is 0 Å². The normalized spacial score (nSPS) is 15.8. The molecule has 0 aromatic heterocycles. The highest BCUT2D eigenvalue weighted by Crippen LogP contribution is 2.22. The molecule has 110 valence electrons. The molecule has 1 unspecified atom stereocenters. The SMILES string of the molecule is CC(C)C(CO)NC(=O)Cc1ccc2c(c1)CCCC2. The molecule has 0 heterocycles. The fourth-order valence-corrected chi connectivity index (χ4v) is 2.76. The minimum absolute atomic E-state index is 0.00601. The van der Waals surface area contributed by atoms with Gasteiger partial charge in [-0.2, -0.15) is 0 Å². The van der Waals surface area contributed by atoms with Crippen molar-refractivity contribution in [3.05, 3.63) is 34.9 Å². The molecule has 0 saturated carbocycles. The number of aliphatic hydroxyl groups is 1. The second-order valence-electron chi connectivity index (χ2n) is 6.09. The third-order valence-corrected chi connectivity index (χ3v) is 4.13. The number of carbonyl (C=O) groups excluding carboxylic acids is 1. The van der Waals surface area contributed by atoms with Gasteiger partial charge in [-0.25, -0.2) is 0 Å². The van der Waals surface area contributed by atoms with Crippen LogP contribution in [0.1, 0.15) is 43.4 Å². The number of fused-ring (bicyclic) bond motifs is 1. The minimum Gasteiger partial charge on any atom is -0.394 e. The van der Waals surface area contributed by atoms with E-state index in [2.05, 4.69) is 23.5 Å². The molecule has 0 aliphatic heterocycles. The lowest BCUT2D eigenvalue weighted by molar-refractivity contribution is -0.121. The van der Waals surface area contributed by atoms with Crippen molar-refractivity contribution in [2.24, 2.45) is 5.92 Å². The summed E-state index contributed by atoms with van der Waals surface area (Å²) in [5, 5.41) is 12.2. The number of carbonyl (C=O) groups is 1. The molecule has 1 amide bonds. The summed E-state index contributed by atoms with van der Waals surface area (Å²) in [5.41, 5.74) is 3.92. The van der Waals surface area contributed by atoms with Crippen molar-refractivity contribution in [3.8, 4) is 0 Å². The molecular weight excluding hydrogens is 250 g/mol.